The fraction of sp³-hybridized carbons (Fsp3) is 0.533. The van der Waals surface area contributed by atoms with Gasteiger partial charge in [0.25, 0.3) is 0 Å². The molecule has 0 aliphatic carbocycles. The van der Waals surface area contributed by atoms with Crippen LogP contribution in [0.3, 0.4) is 0 Å². The van der Waals surface area contributed by atoms with Gasteiger partial charge in [-0.25, -0.2) is 0 Å². The summed E-state index contributed by atoms with van der Waals surface area (Å²) in [4.78, 5) is 14.4. The molecule has 0 unspecified atom stereocenters. The van der Waals surface area contributed by atoms with Gasteiger partial charge in [0.15, 0.2) is 0 Å². The molecule has 5 heteroatoms. The first-order valence-corrected chi connectivity index (χ1v) is 7.85. The zero-order chi connectivity index (χ0) is 14.5. The Balaban J connectivity index is 1.97. The molecule has 1 amide bonds. The molecule has 20 heavy (non-hydrogen) atoms. The van der Waals surface area contributed by atoms with Crippen LogP contribution in [0.5, 0.6) is 0 Å². The lowest BCUT2D eigenvalue weighted by Crippen LogP contribution is -2.35. The van der Waals surface area contributed by atoms with Crippen molar-refractivity contribution < 1.29 is 4.79 Å². The first kappa shape index (κ1) is 15.5. The van der Waals surface area contributed by atoms with E-state index in [1.165, 1.54) is 5.56 Å². The minimum Gasteiger partial charge on any atom is -0.324 e. The Morgan fingerprint density at radius 3 is 2.90 bits per heavy atom. The second-order valence-electron chi connectivity index (χ2n) is 5.37. The smallest absolute Gasteiger partial charge is 0.238 e. The third-order valence-corrected chi connectivity index (χ3v) is 4.12. The number of anilines is 1. The van der Waals surface area contributed by atoms with E-state index < -0.39 is 0 Å². The monoisotopic (exact) mass is 339 g/mol. The van der Waals surface area contributed by atoms with Crippen LogP contribution in [0.4, 0.5) is 5.69 Å². The number of rotatable bonds is 3. The number of amides is 1. The van der Waals surface area contributed by atoms with E-state index in [0.717, 1.165) is 48.3 Å². The predicted octanol–water partition coefficient (Wildman–Crippen LogP) is 2.30. The van der Waals surface area contributed by atoms with Gasteiger partial charge in [-0.1, -0.05) is 6.07 Å². The third-order valence-electron chi connectivity index (χ3n) is 3.50. The van der Waals surface area contributed by atoms with Gasteiger partial charge in [0, 0.05) is 17.6 Å². The molecule has 0 aromatic heterocycles. The molecular weight excluding hydrogens is 318 g/mol. The van der Waals surface area contributed by atoms with E-state index in [1.807, 2.05) is 19.9 Å². The van der Waals surface area contributed by atoms with Crippen molar-refractivity contribution in [2.24, 2.45) is 0 Å². The number of nitrogens with zero attached hydrogens (tertiary/aromatic N) is 1. The molecule has 1 aromatic rings. The Hall–Kier alpha value is -0.910. The summed E-state index contributed by atoms with van der Waals surface area (Å²) in [6.07, 6.45) is 1.10. The van der Waals surface area contributed by atoms with E-state index in [2.05, 4.69) is 37.5 Å². The fourth-order valence-corrected chi connectivity index (χ4v) is 3.29. The summed E-state index contributed by atoms with van der Waals surface area (Å²) in [7, 11) is 0. The molecule has 1 aromatic carbocycles. The van der Waals surface area contributed by atoms with Gasteiger partial charge >= 0.3 is 0 Å². The van der Waals surface area contributed by atoms with E-state index in [0.29, 0.717) is 6.54 Å². The Morgan fingerprint density at radius 2 is 2.15 bits per heavy atom. The average molecular weight is 340 g/mol. The molecule has 0 saturated carbocycles. The van der Waals surface area contributed by atoms with Crippen molar-refractivity contribution in [2.75, 3.05) is 38.0 Å². The third kappa shape index (κ3) is 4.30. The summed E-state index contributed by atoms with van der Waals surface area (Å²) in [6, 6.07) is 4.11. The van der Waals surface area contributed by atoms with Crippen molar-refractivity contribution in [1.82, 2.24) is 10.2 Å². The predicted molar refractivity (Wildman–Crippen MR) is 86.2 cm³/mol. The fourth-order valence-electron chi connectivity index (χ4n) is 2.52. The van der Waals surface area contributed by atoms with Crippen molar-refractivity contribution in [3.8, 4) is 0 Å². The molecular formula is C15H22BrN3O. The van der Waals surface area contributed by atoms with Gasteiger partial charge in [-0.3, -0.25) is 9.69 Å². The quantitative estimate of drug-likeness (QED) is 0.888. The Kier molecular flexibility index (Phi) is 5.57. The number of halogens is 1. The van der Waals surface area contributed by atoms with Gasteiger partial charge in [0.05, 0.1) is 12.2 Å². The number of aryl methyl sites for hydroxylation is 2. The van der Waals surface area contributed by atoms with E-state index in [-0.39, 0.29) is 5.91 Å². The van der Waals surface area contributed by atoms with Crippen LogP contribution in [0.25, 0.3) is 0 Å². The summed E-state index contributed by atoms with van der Waals surface area (Å²) in [5, 5.41) is 6.37. The first-order chi connectivity index (χ1) is 9.56. The highest BCUT2D eigenvalue weighted by Gasteiger charge is 2.14. The summed E-state index contributed by atoms with van der Waals surface area (Å²) < 4.78 is 0.945. The maximum absolute atomic E-state index is 12.2. The van der Waals surface area contributed by atoms with Crippen LogP contribution < -0.4 is 10.6 Å². The van der Waals surface area contributed by atoms with Gasteiger partial charge in [0.2, 0.25) is 5.91 Å². The van der Waals surface area contributed by atoms with Crippen molar-refractivity contribution in [2.45, 2.75) is 20.3 Å². The topological polar surface area (TPSA) is 44.4 Å². The van der Waals surface area contributed by atoms with Crippen LogP contribution in [0.15, 0.2) is 16.6 Å². The van der Waals surface area contributed by atoms with Crippen molar-refractivity contribution in [1.29, 1.82) is 0 Å². The normalized spacial score (nSPS) is 16.8. The highest BCUT2D eigenvalue weighted by molar-refractivity contribution is 9.10. The molecule has 0 atom stereocenters. The van der Waals surface area contributed by atoms with Gasteiger partial charge in [-0.15, -0.1) is 0 Å². The Bertz CT molecular complexity index is 459. The molecule has 1 saturated heterocycles. The van der Waals surface area contributed by atoms with Crippen molar-refractivity contribution >= 4 is 27.5 Å². The van der Waals surface area contributed by atoms with Crippen LogP contribution in [-0.2, 0) is 4.79 Å². The Labute approximate surface area is 129 Å². The molecule has 2 rings (SSSR count). The molecule has 1 fully saturated rings. The molecule has 0 bridgehead atoms. The maximum Gasteiger partial charge on any atom is 0.238 e. The number of hydrogen-bond donors (Lipinski definition) is 2. The van der Waals surface area contributed by atoms with E-state index in [4.69, 9.17) is 0 Å². The number of benzene rings is 1. The standard InChI is InChI=1S/C15H22BrN3O/c1-11-8-12(2)15(13(16)9-11)18-14(20)10-19-6-3-4-17-5-7-19/h8-9,17H,3-7,10H2,1-2H3,(H,18,20). The second kappa shape index (κ2) is 7.20. The van der Waals surface area contributed by atoms with Crippen LogP contribution >= 0.6 is 15.9 Å². The van der Waals surface area contributed by atoms with E-state index >= 15 is 0 Å². The molecule has 1 aliphatic rings. The summed E-state index contributed by atoms with van der Waals surface area (Å²) >= 11 is 3.53. The molecule has 0 spiro atoms. The number of hydrogen-bond acceptors (Lipinski definition) is 3. The zero-order valence-electron chi connectivity index (χ0n) is 12.1. The number of nitrogens with one attached hydrogen (secondary N) is 2. The minimum absolute atomic E-state index is 0.0551. The molecule has 1 heterocycles. The summed E-state index contributed by atoms with van der Waals surface area (Å²) in [5.74, 6) is 0.0551. The maximum atomic E-state index is 12.2. The molecule has 4 nitrogen and oxygen atoms in total. The molecule has 2 N–H and O–H groups in total. The lowest BCUT2D eigenvalue weighted by molar-refractivity contribution is -0.117. The zero-order valence-corrected chi connectivity index (χ0v) is 13.7. The number of carbonyl (C=O) groups is 1. The lowest BCUT2D eigenvalue weighted by Gasteiger charge is -2.19. The van der Waals surface area contributed by atoms with E-state index in [1.54, 1.807) is 0 Å². The SMILES string of the molecule is Cc1cc(C)c(NC(=O)CN2CCCNCC2)c(Br)c1. The first-order valence-electron chi connectivity index (χ1n) is 7.06. The largest absolute Gasteiger partial charge is 0.324 e. The lowest BCUT2D eigenvalue weighted by atomic mass is 10.1. The number of carbonyl (C=O) groups excluding carboxylic acids is 1. The van der Waals surface area contributed by atoms with Gasteiger partial charge in [0.1, 0.15) is 0 Å². The summed E-state index contributed by atoms with van der Waals surface area (Å²) in [6.45, 7) is 8.44. The van der Waals surface area contributed by atoms with Crippen LogP contribution in [-0.4, -0.2) is 43.5 Å². The highest BCUT2D eigenvalue weighted by atomic mass is 79.9. The second-order valence-corrected chi connectivity index (χ2v) is 6.22. The Morgan fingerprint density at radius 1 is 1.35 bits per heavy atom. The minimum atomic E-state index is 0.0551. The summed E-state index contributed by atoms with van der Waals surface area (Å²) in [5.41, 5.74) is 3.15. The van der Waals surface area contributed by atoms with Crippen LogP contribution in [0.1, 0.15) is 17.5 Å². The van der Waals surface area contributed by atoms with Crippen LogP contribution in [0, 0.1) is 13.8 Å². The van der Waals surface area contributed by atoms with Gasteiger partial charge < -0.3 is 10.6 Å². The van der Waals surface area contributed by atoms with Crippen molar-refractivity contribution in [3.63, 3.8) is 0 Å². The highest BCUT2D eigenvalue weighted by Crippen LogP contribution is 2.27. The molecule has 110 valence electrons. The van der Waals surface area contributed by atoms with Crippen LogP contribution in [0.2, 0.25) is 0 Å². The van der Waals surface area contributed by atoms with Gasteiger partial charge in [-0.05, 0) is 66.5 Å². The van der Waals surface area contributed by atoms with Crippen molar-refractivity contribution in [3.05, 3.63) is 27.7 Å². The average Bonchev–Trinajstić information content (AvgIpc) is 2.62. The van der Waals surface area contributed by atoms with E-state index in [9.17, 15) is 4.79 Å². The molecule has 1 aliphatic heterocycles. The van der Waals surface area contributed by atoms with Gasteiger partial charge in [-0.2, -0.15) is 0 Å². The molecule has 0 radical (unpaired) electrons.